The van der Waals surface area contributed by atoms with E-state index in [0.717, 1.165) is 0 Å². The number of rotatable bonds is 10. The van der Waals surface area contributed by atoms with E-state index in [1.54, 1.807) is 19.1 Å². The number of carbonyl (C=O) groups excluding carboxylic acids is 2. The summed E-state index contributed by atoms with van der Waals surface area (Å²) in [5.41, 5.74) is 5.96. The smallest absolute Gasteiger partial charge is 0.311 e. The lowest BCUT2D eigenvalue weighted by atomic mass is 9.86. The largest absolute Gasteiger partial charge is 0.493 e. The van der Waals surface area contributed by atoms with Crippen LogP contribution in [0.2, 0.25) is 0 Å². The van der Waals surface area contributed by atoms with Gasteiger partial charge in [-0.1, -0.05) is 6.07 Å². The molecule has 0 aliphatic carbocycles. The third kappa shape index (κ3) is 4.71. The summed E-state index contributed by atoms with van der Waals surface area (Å²) in [6.45, 7) is 1.89. The molecule has 1 aromatic heterocycles. The Bertz CT molecular complexity index is 932. The minimum Gasteiger partial charge on any atom is -0.493 e. The number of nitrogens with one attached hydrogen (secondary N) is 2. The Hall–Kier alpha value is -3.43. The van der Waals surface area contributed by atoms with E-state index < -0.39 is 23.4 Å². The standard InChI is InChI=1S/C19H25N3O7/c1-5-29-15(24)9-12-16(19(25)22-21-12)11(8-14(20)23)10-6-7-13(26-2)18(28-4)17(10)27-3/h6-7,11H,5,8-9H2,1-4H3,(H2,20,23)(H2,21,22,25)/t11-/m1/s1. The number of esters is 1. The third-order valence-electron chi connectivity index (χ3n) is 4.39. The van der Waals surface area contributed by atoms with Gasteiger partial charge in [0, 0.05) is 23.5 Å². The number of ether oxygens (including phenoxy) is 4. The van der Waals surface area contributed by atoms with E-state index in [9.17, 15) is 14.4 Å². The first-order valence-electron chi connectivity index (χ1n) is 8.90. The van der Waals surface area contributed by atoms with Gasteiger partial charge in [0.1, 0.15) is 0 Å². The molecule has 0 radical (unpaired) electrons. The molecule has 2 aromatic rings. The third-order valence-corrected chi connectivity index (χ3v) is 4.39. The zero-order valence-electron chi connectivity index (χ0n) is 16.8. The average Bonchev–Trinajstić information content (AvgIpc) is 3.04. The van der Waals surface area contributed by atoms with Gasteiger partial charge >= 0.3 is 5.97 Å². The second kappa shape index (κ2) is 9.67. The molecular formula is C19H25N3O7. The SMILES string of the molecule is CCOC(=O)Cc1[nH][nH]c(=O)c1[C@H](CC(N)=O)c1ccc(OC)c(OC)c1OC. The zero-order valence-corrected chi connectivity index (χ0v) is 16.8. The fourth-order valence-corrected chi connectivity index (χ4v) is 3.24. The number of amides is 1. The maximum atomic E-state index is 12.6. The molecule has 0 saturated carbocycles. The van der Waals surface area contributed by atoms with Crippen LogP contribution in [-0.4, -0.2) is 50.0 Å². The monoisotopic (exact) mass is 407 g/mol. The van der Waals surface area contributed by atoms with E-state index in [4.69, 9.17) is 24.7 Å². The molecule has 4 N–H and O–H groups in total. The number of hydrogen-bond donors (Lipinski definition) is 3. The van der Waals surface area contributed by atoms with Gasteiger partial charge < -0.3 is 29.8 Å². The Morgan fingerprint density at radius 1 is 1.07 bits per heavy atom. The fourth-order valence-electron chi connectivity index (χ4n) is 3.24. The number of primary amides is 1. The Balaban J connectivity index is 2.66. The van der Waals surface area contributed by atoms with Crippen molar-refractivity contribution in [3.8, 4) is 17.2 Å². The van der Waals surface area contributed by atoms with Crippen LogP contribution in [0.3, 0.4) is 0 Å². The number of carbonyl (C=O) groups is 2. The molecule has 1 amide bonds. The number of hydrogen-bond acceptors (Lipinski definition) is 7. The van der Waals surface area contributed by atoms with E-state index in [2.05, 4.69) is 10.2 Å². The molecule has 0 aliphatic rings. The molecular weight excluding hydrogens is 382 g/mol. The van der Waals surface area contributed by atoms with Crippen molar-refractivity contribution in [2.75, 3.05) is 27.9 Å². The Morgan fingerprint density at radius 2 is 1.76 bits per heavy atom. The Morgan fingerprint density at radius 3 is 2.31 bits per heavy atom. The fraction of sp³-hybridized carbons (Fsp3) is 0.421. The summed E-state index contributed by atoms with van der Waals surface area (Å²) in [4.78, 5) is 36.3. The van der Waals surface area contributed by atoms with Crippen molar-refractivity contribution in [2.24, 2.45) is 5.73 Å². The number of aromatic nitrogens is 2. The lowest BCUT2D eigenvalue weighted by molar-refractivity contribution is -0.142. The van der Waals surface area contributed by atoms with Crippen LogP contribution in [0.4, 0.5) is 0 Å². The molecule has 2 rings (SSSR count). The van der Waals surface area contributed by atoms with E-state index in [-0.39, 0.29) is 25.0 Å². The molecule has 0 bridgehead atoms. The topological polar surface area (TPSA) is 146 Å². The van der Waals surface area contributed by atoms with E-state index in [0.29, 0.717) is 28.5 Å². The highest BCUT2D eigenvalue weighted by Crippen LogP contribution is 2.45. The van der Waals surface area contributed by atoms with Crippen LogP contribution in [0.25, 0.3) is 0 Å². The molecule has 0 unspecified atom stereocenters. The summed E-state index contributed by atoms with van der Waals surface area (Å²) in [7, 11) is 4.36. The maximum Gasteiger partial charge on any atom is 0.311 e. The summed E-state index contributed by atoms with van der Waals surface area (Å²) in [5, 5.41) is 5.15. The normalized spacial score (nSPS) is 11.6. The summed E-state index contributed by atoms with van der Waals surface area (Å²) >= 11 is 0. The van der Waals surface area contributed by atoms with Crippen LogP contribution < -0.4 is 25.5 Å². The van der Waals surface area contributed by atoms with E-state index >= 15 is 0 Å². The summed E-state index contributed by atoms with van der Waals surface area (Å²) in [6, 6.07) is 3.30. The second-order valence-electron chi connectivity index (χ2n) is 6.10. The van der Waals surface area contributed by atoms with E-state index in [1.807, 2.05) is 0 Å². The summed E-state index contributed by atoms with van der Waals surface area (Å²) < 4.78 is 21.1. The predicted octanol–water partition coefficient (Wildman–Crippen LogP) is 0.842. The molecule has 0 fully saturated rings. The molecule has 0 aliphatic heterocycles. The van der Waals surface area contributed by atoms with Crippen LogP contribution in [0.1, 0.15) is 36.1 Å². The van der Waals surface area contributed by atoms with Crippen molar-refractivity contribution in [2.45, 2.75) is 25.7 Å². The first-order chi connectivity index (χ1) is 13.9. The van der Waals surface area contributed by atoms with Crippen molar-refractivity contribution in [3.05, 3.63) is 39.3 Å². The predicted molar refractivity (Wildman–Crippen MR) is 104 cm³/mol. The zero-order chi connectivity index (χ0) is 21.6. The molecule has 10 nitrogen and oxygen atoms in total. The lowest BCUT2D eigenvalue weighted by Gasteiger charge is -2.21. The highest BCUT2D eigenvalue weighted by Gasteiger charge is 2.30. The van der Waals surface area contributed by atoms with Crippen LogP contribution in [0.15, 0.2) is 16.9 Å². The van der Waals surface area contributed by atoms with Crippen LogP contribution in [0, 0.1) is 0 Å². The minimum atomic E-state index is -0.790. The molecule has 10 heteroatoms. The number of H-pyrrole nitrogens is 2. The van der Waals surface area contributed by atoms with Gasteiger partial charge in [0.05, 0.1) is 40.1 Å². The first kappa shape index (κ1) is 21.9. The van der Waals surface area contributed by atoms with Gasteiger partial charge in [-0.05, 0) is 13.0 Å². The summed E-state index contributed by atoms with van der Waals surface area (Å²) in [5.74, 6) is -0.917. The van der Waals surface area contributed by atoms with Gasteiger partial charge in [-0.25, -0.2) is 0 Å². The second-order valence-corrected chi connectivity index (χ2v) is 6.10. The first-order valence-corrected chi connectivity index (χ1v) is 8.90. The lowest BCUT2D eigenvalue weighted by Crippen LogP contribution is -2.22. The number of nitrogens with two attached hydrogens (primary N) is 1. The van der Waals surface area contributed by atoms with Crippen LogP contribution in [-0.2, 0) is 20.7 Å². The number of aromatic amines is 2. The molecule has 1 heterocycles. The average molecular weight is 407 g/mol. The minimum absolute atomic E-state index is 0.174. The number of methoxy groups -OCH3 is 3. The van der Waals surface area contributed by atoms with Gasteiger partial charge in [-0.2, -0.15) is 0 Å². The van der Waals surface area contributed by atoms with Gasteiger partial charge in [0.25, 0.3) is 5.56 Å². The summed E-state index contributed by atoms with van der Waals surface area (Å²) in [6.07, 6.45) is -0.366. The van der Waals surface area contributed by atoms with Crippen molar-refractivity contribution in [1.29, 1.82) is 0 Å². The van der Waals surface area contributed by atoms with Gasteiger partial charge in [0.15, 0.2) is 11.5 Å². The highest BCUT2D eigenvalue weighted by molar-refractivity contribution is 5.77. The molecule has 1 aromatic carbocycles. The van der Waals surface area contributed by atoms with Gasteiger partial charge in [-0.15, -0.1) is 0 Å². The Labute approximate surface area is 167 Å². The molecule has 29 heavy (non-hydrogen) atoms. The highest BCUT2D eigenvalue weighted by atomic mass is 16.5. The van der Waals surface area contributed by atoms with Gasteiger partial charge in [-0.3, -0.25) is 19.5 Å². The van der Waals surface area contributed by atoms with Crippen molar-refractivity contribution >= 4 is 11.9 Å². The molecule has 1 atom stereocenters. The van der Waals surface area contributed by atoms with Crippen LogP contribution >= 0.6 is 0 Å². The Kier molecular flexibility index (Phi) is 7.29. The van der Waals surface area contributed by atoms with Crippen molar-refractivity contribution in [3.63, 3.8) is 0 Å². The molecule has 0 saturated heterocycles. The van der Waals surface area contributed by atoms with E-state index in [1.165, 1.54) is 21.3 Å². The number of benzene rings is 1. The molecule has 158 valence electrons. The van der Waals surface area contributed by atoms with Crippen molar-refractivity contribution in [1.82, 2.24) is 10.2 Å². The maximum absolute atomic E-state index is 12.6. The molecule has 0 spiro atoms. The van der Waals surface area contributed by atoms with Crippen LogP contribution in [0.5, 0.6) is 17.2 Å². The van der Waals surface area contributed by atoms with Gasteiger partial charge in [0.2, 0.25) is 11.7 Å². The quantitative estimate of drug-likeness (QED) is 0.495. The van der Waals surface area contributed by atoms with Crippen molar-refractivity contribution < 1.29 is 28.5 Å².